The summed E-state index contributed by atoms with van der Waals surface area (Å²) in [5.74, 6) is -0.402. The lowest BCUT2D eigenvalue weighted by Crippen LogP contribution is -2.25. The van der Waals surface area contributed by atoms with Crippen molar-refractivity contribution in [3.63, 3.8) is 0 Å². The number of halogens is 1. The molecule has 0 saturated carbocycles. The number of hydrogen-bond donors (Lipinski definition) is 1. The van der Waals surface area contributed by atoms with Crippen molar-refractivity contribution in [3.8, 4) is 10.6 Å². The third-order valence-electron chi connectivity index (χ3n) is 3.49. The molecule has 0 spiro atoms. The van der Waals surface area contributed by atoms with Gasteiger partial charge in [0.1, 0.15) is 11.5 Å². The van der Waals surface area contributed by atoms with Gasteiger partial charge in [0.25, 0.3) is 0 Å². The predicted molar refractivity (Wildman–Crippen MR) is 88.5 cm³/mol. The molecule has 1 N–H and O–H groups in total. The van der Waals surface area contributed by atoms with Crippen LogP contribution in [0.4, 0.5) is 4.39 Å². The Hall–Kier alpha value is -2.47. The normalized spacial score (nSPS) is 10.7. The number of aromatic nitrogens is 2. The van der Waals surface area contributed by atoms with Gasteiger partial charge in [-0.15, -0.1) is 11.3 Å². The number of carbonyl (C=O) groups is 1. The van der Waals surface area contributed by atoms with Gasteiger partial charge in [-0.3, -0.25) is 9.48 Å². The van der Waals surface area contributed by atoms with Crippen molar-refractivity contribution in [2.45, 2.75) is 13.0 Å². The van der Waals surface area contributed by atoms with Gasteiger partial charge in [0.2, 0.25) is 5.91 Å². The van der Waals surface area contributed by atoms with Gasteiger partial charge >= 0.3 is 0 Å². The van der Waals surface area contributed by atoms with Gasteiger partial charge in [-0.05, 0) is 35.2 Å². The Morgan fingerprint density at radius 3 is 2.78 bits per heavy atom. The van der Waals surface area contributed by atoms with E-state index in [2.05, 4.69) is 10.4 Å². The van der Waals surface area contributed by atoms with Gasteiger partial charge in [0.15, 0.2) is 0 Å². The maximum absolute atomic E-state index is 12.8. The Labute approximate surface area is 137 Å². The van der Waals surface area contributed by atoms with E-state index in [0.29, 0.717) is 6.54 Å². The largest absolute Gasteiger partial charge is 0.350 e. The molecule has 0 aliphatic carbocycles. The van der Waals surface area contributed by atoms with Crippen LogP contribution in [0.3, 0.4) is 0 Å². The van der Waals surface area contributed by atoms with E-state index in [1.165, 1.54) is 12.1 Å². The summed E-state index contributed by atoms with van der Waals surface area (Å²) in [7, 11) is 1.86. The molecule has 0 aliphatic heterocycles. The molecular weight excluding hydrogens is 313 g/mol. The average molecular weight is 329 g/mol. The molecule has 2 aromatic heterocycles. The molecule has 0 atom stereocenters. The van der Waals surface area contributed by atoms with E-state index in [-0.39, 0.29) is 18.1 Å². The minimum Gasteiger partial charge on any atom is -0.350 e. The molecule has 0 unspecified atom stereocenters. The van der Waals surface area contributed by atoms with Gasteiger partial charge in [0, 0.05) is 7.05 Å². The number of rotatable bonds is 5. The zero-order valence-electron chi connectivity index (χ0n) is 12.6. The van der Waals surface area contributed by atoms with Gasteiger partial charge in [-0.1, -0.05) is 18.2 Å². The van der Waals surface area contributed by atoms with Crippen LogP contribution in [0.25, 0.3) is 10.6 Å². The molecule has 4 nitrogen and oxygen atoms in total. The molecule has 0 aliphatic rings. The lowest BCUT2D eigenvalue weighted by molar-refractivity contribution is -0.120. The highest BCUT2D eigenvalue weighted by molar-refractivity contribution is 7.13. The topological polar surface area (TPSA) is 46.9 Å². The van der Waals surface area contributed by atoms with Crippen molar-refractivity contribution in [3.05, 3.63) is 64.9 Å². The maximum Gasteiger partial charge on any atom is 0.224 e. The summed E-state index contributed by atoms with van der Waals surface area (Å²) >= 11 is 1.63. The second-order valence-electron chi connectivity index (χ2n) is 5.20. The minimum atomic E-state index is -0.301. The van der Waals surface area contributed by atoms with Crippen molar-refractivity contribution in [2.24, 2.45) is 7.05 Å². The number of benzene rings is 1. The van der Waals surface area contributed by atoms with Crippen LogP contribution in [-0.4, -0.2) is 15.7 Å². The number of nitrogens with zero attached hydrogens (tertiary/aromatic N) is 2. The summed E-state index contributed by atoms with van der Waals surface area (Å²) in [6.07, 6.45) is 0.232. The van der Waals surface area contributed by atoms with Crippen LogP contribution in [-0.2, 0) is 24.8 Å². The number of thiophene rings is 1. The molecule has 3 aromatic rings. The molecule has 118 valence electrons. The highest BCUT2D eigenvalue weighted by Gasteiger charge is 2.09. The fourth-order valence-electron chi connectivity index (χ4n) is 2.26. The first-order valence-electron chi connectivity index (χ1n) is 7.20. The van der Waals surface area contributed by atoms with Crippen LogP contribution in [0.2, 0.25) is 0 Å². The zero-order valence-corrected chi connectivity index (χ0v) is 13.4. The van der Waals surface area contributed by atoms with Gasteiger partial charge < -0.3 is 5.32 Å². The van der Waals surface area contributed by atoms with Crippen LogP contribution in [0.1, 0.15) is 11.3 Å². The van der Waals surface area contributed by atoms with E-state index >= 15 is 0 Å². The fourth-order valence-corrected chi connectivity index (χ4v) is 2.94. The van der Waals surface area contributed by atoms with Crippen molar-refractivity contribution in [1.29, 1.82) is 0 Å². The summed E-state index contributed by atoms with van der Waals surface area (Å²) < 4.78 is 14.6. The molecule has 23 heavy (non-hydrogen) atoms. The highest BCUT2D eigenvalue weighted by atomic mass is 32.1. The number of amides is 1. The number of carbonyl (C=O) groups excluding carboxylic acids is 1. The van der Waals surface area contributed by atoms with E-state index in [4.69, 9.17) is 0 Å². The molecule has 0 bridgehead atoms. The molecular formula is C17H16FN3OS. The van der Waals surface area contributed by atoms with Crippen LogP contribution in [0.15, 0.2) is 47.8 Å². The SMILES string of the molecule is Cn1nc(-c2cccs2)cc1CNC(=O)Cc1ccc(F)cc1. The second kappa shape index (κ2) is 6.75. The Morgan fingerprint density at radius 2 is 2.09 bits per heavy atom. The third kappa shape index (κ3) is 3.84. The number of nitrogens with one attached hydrogen (secondary N) is 1. The van der Waals surface area contributed by atoms with E-state index in [1.54, 1.807) is 28.2 Å². The monoisotopic (exact) mass is 329 g/mol. The summed E-state index contributed by atoms with van der Waals surface area (Å²) in [5.41, 5.74) is 2.62. The Bertz CT molecular complexity index is 794. The molecule has 2 heterocycles. The fraction of sp³-hybridized carbons (Fsp3) is 0.176. The summed E-state index contributed by atoms with van der Waals surface area (Å²) in [5, 5.41) is 9.34. The van der Waals surface area contributed by atoms with Gasteiger partial charge in [0.05, 0.1) is 23.5 Å². The van der Waals surface area contributed by atoms with E-state index in [0.717, 1.165) is 21.8 Å². The van der Waals surface area contributed by atoms with Crippen molar-refractivity contribution in [2.75, 3.05) is 0 Å². The number of aryl methyl sites for hydroxylation is 1. The predicted octanol–water partition coefficient (Wildman–Crippen LogP) is 3.15. The lowest BCUT2D eigenvalue weighted by Gasteiger charge is -2.05. The lowest BCUT2D eigenvalue weighted by atomic mass is 10.1. The van der Waals surface area contributed by atoms with Crippen LogP contribution in [0.5, 0.6) is 0 Å². The maximum atomic E-state index is 12.8. The number of hydrogen-bond acceptors (Lipinski definition) is 3. The van der Waals surface area contributed by atoms with Gasteiger partial charge in [-0.25, -0.2) is 4.39 Å². The van der Waals surface area contributed by atoms with Crippen molar-refractivity contribution >= 4 is 17.2 Å². The second-order valence-corrected chi connectivity index (χ2v) is 6.15. The molecule has 3 rings (SSSR count). The van der Waals surface area contributed by atoms with Crippen LogP contribution < -0.4 is 5.32 Å². The molecule has 0 radical (unpaired) electrons. The molecule has 1 aromatic carbocycles. The Balaban J connectivity index is 1.59. The van der Waals surface area contributed by atoms with Crippen LogP contribution >= 0.6 is 11.3 Å². The van der Waals surface area contributed by atoms with E-state index in [9.17, 15) is 9.18 Å². The quantitative estimate of drug-likeness (QED) is 0.782. The standard InChI is InChI=1S/C17H16FN3OS/c1-21-14(10-15(20-21)16-3-2-8-23-16)11-19-17(22)9-12-4-6-13(18)7-5-12/h2-8,10H,9,11H2,1H3,(H,19,22). The molecule has 0 saturated heterocycles. The molecule has 1 amide bonds. The summed E-state index contributed by atoms with van der Waals surface area (Å²) in [6.45, 7) is 0.412. The summed E-state index contributed by atoms with van der Waals surface area (Å²) in [6, 6.07) is 11.9. The molecule has 0 fully saturated rings. The first-order valence-corrected chi connectivity index (χ1v) is 8.08. The zero-order chi connectivity index (χ0) is 16.2. The average Bonchev–Trinajstić information content (AvgIpc) is 3.17. The third-order valence-corrected chi connectivity index (χ3v) is 4.39. The smallest absolute Gasteiger partial charge is 0.224 e. The molecule has 6 heteroatoms. The van der Waals surface area contributed by atoms with E-state index in [1.807, 2.05) is 30.6 Å². The first kappa shape index (κ1) is 15.4. The van der Waals surface area contributed by atoms with Gasteiger partial charge in [-0.2, -0.15) is 5.10 Å². The first-order chi connectivity index (χ1) is 11.1. The minimum absolute atomic E-state index is 0.101. The van der Waals surface area contributed by atoms with Crippen LogP contribution in [0, 0.1) is 5.82 Å². The Morgan fingerprint density at radius 1 is 1.30 bits per heavy atom. The summed E-state index contributed by atoms with van der Waals surface area (Å²) in [4.78, 5) is 13.1. The van der Waals surface area contributed by atoms with Crippen molar-refractivity contribution in [1.82, 2.24) is 15.1 Å². The van der Waals surface area contributed by atoms with Crippen molar-refractivity contribution < 1.29 is 9.18 Å². The van der Waals surface area contributed by atoms with E-state index < -0.39 is 0 Å². The Kier molecular flexibility index (Phi) is 4.52. The highest BCUT2D eigenvalue weighted by Crippen LogP contribution is 2.23.